The molecule has 0 aliphatic carbocycles. The first kappa shape index (κ1) is 12.9. The van der Waals surface area contributed by atoms with Crippen LogP contribution in [0.1, 0.15) is 45.4 Å². The zero-order chi connectivity index (χ0) is 12.5. The molecule has 3 heterocycles. The van der Waals surface area contributed by atoms with Crippen LogP contribution in [0.3, 0.4) is 0 Å². The van der Waals surface area contributed by atoms with Crippen molar-refractivity contribution in [3.8, 4) is 0 Å². The lowest BCUT2D eigenvalue weighted by Gasteiger charge is -2.46. The quantitative estimate of drug-likeness (QED) is 0.823. The van der Waals surface area contributed by atoms with Crippen LogP contribution in [0.25, 0.3) is 0 Å². The second-order valence-corrected chi connectivity index (χ2v) is 6.59. The van der Waals surface area contributed by atoms with E-state index in [4.69, 9.17) is 0 Å². The molecule has 0 aromatic carbocycles. The van der Waals surface area contributed by atoms with Gasteiger partial charge in [0, 0.05) is 24.2 Å². The summed E-state index contributed by atoms with van der Waals surface area (Å²) in [4.78, 5) is 5.42. The Kier molecular flexibility index (Phi) is 3.92. The van der Waals surface area contributed by atoms with Gasteiger partial charge in [0.05, 0.1) is 0 Å². The molecule has 3 aliphatic heterocycles. The van der Waals surface area contributed by atoms with E-state index in [9.17, 15) is 0 Å². The minimum absolute atomic E-state index is 0.801. The molecule has 3 saturated heterocycles. The largest absolute Gasteiger partial charge is 0.314 e. The fourth-order valence-corrected chi connectivity index (χ4v) is 4.56. The number of likely N-dealkylation sites (tertiary alicyclic amines) is 1. The third kappa shape index (κ3) is 2.45. The lowest BCUT2D eigenvalue weighted by molar-refractivity contribution is 0.0385. The van der Waals surface area contributed by atoms with Crippen LogP contribution in [0.2, 0.25) is 0 Å². The summed E-state index contributed by atoms with van der Waals surface area (Å²) in [5, 5.41) is 3.68. The first-order chi connectivity index (χ1) is 8.78. The van der Waals surface area contributed by atoms with Crippen LogP contribution in [-0.2, 0) is 0 Å². The van der Waals surface area contributed by atoms with Gasteiger partial charge in [0.1, 0.15) is 0 Å². The van der Waals surface area contributed by atoms with Gasteiger partial charge in [-0.1, -0.05) is 6.92 Å². The van der Waals surface area contributed by atoms with Crippen molar-refractivity contribution in [3.63, 3.8) is 0 Å². The van der Waals surface area contributed by atoms with Crippen molar-refractivity contribution >= 4 is 0 Å². The Morgan fingerprint density at radius 1 is 0.944 bits per heavy atom. The molecule has 1 N–H and O–H groups in total. The summed E-state index contributed by atoms with van der Waals surface area (Å²) in [6.45, 7) is 5.98. The summed E-state index contributed by atoms with van der Waals surface area (Å²) in [7, 11) is 2.27. The van der Waals surface area contributed by atoms with E-state index in [1.165, 1.54) is 51.6 Å². The van der Waals surface area contributed by atoms with Gasteiger partial charge in [0.2, 0.25) is 0 Å². The predicted molar refractivity (Wildman–Crippen MR) is 75.9 cm³/mol. The van der Waals surface area contributed by atoms with Gasteiger partial charge < -0.3 is 10.2 Å². The molecule has 3 heteroatoms. The van der Waals surface area contributed by atoms with Gasteiger partial charge in [-0.2, -0.15) is 0 Å². The van der Waals surface area contributed by atoms with Crippen LogP contribution >= 0.6 is 0 Å². The van der Waals surface area contributed by atoms with Crippen LogP contribution in [0.5, 0.6) is 0 Å². The zero-order valence-electron chi connectivity index (χ0n) is 12.1. The molecular formula is C15H29N3. The topological polar surface area (TPSA) is 18.5 Å². The Balaban J connectivity index is 1.61. The second-order valence-electron chi connectivity index (χ2n) is 6.59. The van der Waals surface area contributed by atoms with Crippen LogP contribution < -0.4 is 5.32 Å². The van der Waals surface area contributed by atoms with Crippen molar-refractivity contribution in [2.45, 2.75) is 69.6 Å². The van der Waals surface area contributed by atoms with Crippen LogP contribution in [0.15, 0.2) is 0 Å². The molecule has 0 amide bonds. The Morgan fingerprint density at radius 2 is 1.56 bits per heavy atom. The van der Waals surface area contributed by atoms with E-state index >= 15 is 0 Å². The number of rotatable bonds is 3. The molecule has 18 heavy (non-hydrogen) atoms. The van der Waals surface area contributed by atoms with Gasteiger partial charge in [0.25, 0.3) is 0 Å². The van der Waals surface area contributed by atoms with Crippen molar-refractivity contribution in [1.29, 1.82) is 0 Å². The molecule has 3 rings (SSSR count). The Morgan fingerprint density at radius 3 is 2.11 bits per heavy atom. The maximum Gasteiger partial charge on any atom is 0.0125 e. The minimum atomic E-state index is 0.801. The summed E-state index contributed by atoms with van der Waals surface area (Å²) in [5.41, 5.74) is 0. The molecule has 2 bridgehead atoms. The summed E-state index contributed by atoms with van der Waals surface area (Å²) >= 11 is 0. The molecular weight excluding hydrogens is 222 g/mol. The van der Waals surface area contributed by atoms with E-state index in [1.807, 2.05) is 0 Å². The van der Waals surface area contributed by atoms with Crippen LogP contribution in [-0.4, -0.2) is 60.6 Å². The number of nitrogens with zero attached hydrogens (tertiary/aromatic N) is 2. The highest BCUT2D eigenvalue weighted by molar-refractivity contribution is 5.00. The normalized spacial score (nSPS) is 39.3. The van der Waals surface area contributed by atoms with Crippen molar-refractivity contribution < 1.29 is 0 Å². The van der Waals surface area contributed by atoms with Crippen molar-refractivity contribution in [3.05, 3.63) is 0 Å². The summed E-state index contributed by atoms with van der Waals surface area (Å²) in [5.74, 6) is 0. The third-order valence-corrected chi connectivity index (χ3v) is 5.39. The number of piperidine rings is 2. The molecule has 3 nitrogen and oxygen atoms in total. The van der Waals surface area contributed by atoms with Crippen LogP contribution in [0, 0.1) is 0 Å². The van der Waals surface area contributed by atoms with E-state index in [1.54, 1.807) is 0 Å². The lowest BCUT2D eigenvalue weighted by atomic mass is 9.92. The van der Waals surface area contributed by atoms with E-state index in [-0.39, 0.29) is 0 Å². The maximum atomic E-state index is 3.68. The average molecular weight is 251 g/mol. The molecule has 0 aromatic heterocycles. The monoisotopic (exact) mass is 251 g/mol. The molecule has 3 fully saturated rings. The van der Waals surface area contributed by atoms with E-state index in [0.29, 0.717) is 0 Å². The number of fused-ring (bicyclic) bond motifs is 2. The third-order valence-electron chi connectivity index (χ3n) is 5.39. The highest BCUT2D eigenvalue weighted by Gasteiger charge is 2.43. The average Bonchev–Trinajstić information content (AvgIpc) is 2.63. The number of hydrogen-bond acceptors (Lipinski definition) is 3. The van der Waals surface area contributed by atoms with Crippen LogP contribution in [0.4, 0.5) is 0 Å². The SMILES string of the molecule is CCNC1CC2CCC(C1)N2C1CCN(C)CC1. The smallest absolute Gasteiger partial charge is 0.0125 e. The molecule has 104 valence electrons. The first-order valence-electron chi connectivity index (χ1n) is 7.97. The van der Waals surface area contributed by atoms with Gasteiger partial charge in [-0.15, -0.1) is 0 Å². The van der Waals surface area contributed by atoms with Gasteiger partial charge in [-0.05, 0) is 65.2 Å². The Hall–Kier alpha value is -0.120. The standard InChI is InChI=1S/C15H29N3/c1-3-16-12-10-14-4-5-15(11-12)18(14)13-6-8-17(2)9-7-13/h12-16H,3-11H2,1-2H3. The van der Waals surface area contributed by atoms with Gasteiger partial charge in [-0.25, -0.2) is 0 Å². The maximum absolute atomic E-state index is 3.68. The molecule has 0 spiro atoms. The molecule has 0 saturated carbocycles. The Labute approximate surface area is 112 Å². The number of hydrogen-bond donors (Lipinski definition) is 1. The highest BCUT2D eigenvalue weighted by Crippen LogP contribution is 2.39. The Bertz CT molecular complexity index is 259. The molecule has 0 radical (unpaired) electrons. The predicted octanol–water partition coefficient (Wildman–Crippen LogP) is 1.69. The fourth-order valence-electron chi connectivity index (χ4n) is 4.56. The van der Waals surface area contributed by atoms with Gasteiger partial charge >= 0.3 is 0 Å². The van der Waals surface area contributed by atoms with Crippen molar-refractivity contribution in [1.82, 2.24) is 15.1 Å². The van der Waals surface area contributed by atoms with E-state index in [0.717, 1.165) is 30.7 Å². The van der Waals surface area contributed by atoms with Crippen molar-refractivity contribution in [2.24, 2.45) is 0 Å². The lowest BCUT2D eigenvalue weighted by Crippen LogP contribution is -2.55. The molecule has 0 aromatic rings. The van der Waals surface area contributed by atoms with Gasteiger partial charge in [0.15, 0.2) is 0 Å². The van der Waals surface area contributed by atoms with E-state index < -0.39 is 0 Å². The zero-order valence-corrected chi connectivity index (χ0v) is 12.1. The summed E-state index contributed by atoms with van der Waals surface area (Å²) in [6, 6.07) is 3.47. The first-order valence-corrected chi connectivity index (χ1v) is 7.97. The second kappa shape index (κ2) is 5.48. The van der Waals surface area contributed by atoms with E-state index in [2.05, 4.69) is 29.1 Å². The number of nitrogens with one attached hydrogen (secondary N) is 1. The molecule has 2 unspecified atom stereocenters. The highest BCUT2D eigenvalue weighted by atomic mass is 15.3. The summed E-state index contributed by atoms with van der Waals surface area (Å²) in [6.07, 6.45) is 8.51. The van der Waals surface area contributed by atoms with Gasteiger partial charge in [-0.3, -0.25) is 4.90 Å². The molecule has 2 atom stereocenters. The fraction of sp³-hybridized carbons (Fsp3) is 1.00. The van der Waals surface area contributed by atoms with Crippen molar-refractivity contribution in [2.75, 3.05) is 26.7 Å². The minimum Gasteiger partial charge on any atom is -0.314 e. The summed E-state index contributed by atoms with van der Waals surface area (Å²) < 4.78 is 0. The molecule has 3 aliphatic rings.